The van der Waals surface area contributed by atoms with Gasteiger partial charge < -0.3 is 0 Å². The van der Waals surface area contributed by atoms with Crippen LogP contribution >= 0.6 is 0 Å². The van der Waals surface area contributed by atoms with Crippen LogP contribution in [0.3, 0.4) is 0 Å². The first-order valence-electron chi connectivity index (χ1n) is 8.47. The normalized spacial score (nSPS) is 14.1. The van der Waals surface area contributed by atoms with Gasteiger partial charge in [-0.3, -0.25) is 0 Å². The molecule has 0 amide bonds. The van der Waals surface area contributed by atoms with E-state index < -0.39 is 10.0 Å². The lowest BCUT2D eigenvalue weighted by atomic mass is 9.98. The first-order chi connectivity index (χ1) is 11.6. The van der Waals surface area contributed by atoms with Gasteiger partial charge >= 0.3 is 0 Å². The minimum atomic E-state index is -3.36. The van der Waals surface area contributed by atoms with Crippen molar-refractivity contribution >= 4 is 16.1 Å². The van der Waals surface area contributed by atoms with Crippen molar-refractivity contribution in [3.8, 4) is 0 Å². The van der Waals surface area contributed by atoms with Crippen LogP contribution in [0.2, 0.25) is 0 Å². The topological polar surface area (TPSA) is 46.2 Å². The standard InChI is InChI=1S/C20H23NO2S/c22-24(23,20-14-13-18-11-4-5-12-19(18)16-20)21-15-7-6-10-17-8-2-1-3-9-17/h1-5,8-9,11-12,16,21H,6-7,10,13-15H2. The van der Waals surface area contributed by atoms with Gasteiger partial charge in [-0.2, -0.15) is 0 Å². The Kier molecular flexibility index (Phi) is 5.48. The van der Waals surface area contributed by atoms with E-state index in [1.807, 2.05) is 42.5 Å². The van der Waals surface area contributed by atoms with Gasteiger partial charge in [-0.05, 0) is 54.9 Å². The third-order valence-electron chi connectivity index (χ3n) is 4.38. The number of unbranched alkanes of at least 4 members (excludes halogenated alkanes) is 1. The number of sulfonamides is 1. The van der Waals surface area contributed by atoms with Gasteiger partial charge in [-0.25, -0.2) is 13.1 Å². The Labute approximate surface area is 144 Å². The van der Waals surface area contributed by atoms with Crippen molar-refractivity contribution < 1.29 is 8.42 Å². The zero-order valence-electron chi connectivity index (χ0n) is 13.7. The zero-order chi connectivity index (χ0) is 16.8. The predicted octanol–water partition coefficient (Wildman–Crippen LogP) is 3.92. The summed E-state index contributed by atoms with van der Waals surface area (Å²) in [5.41, 5.74) is 3.54. The van der Waals surface area contributed by atoms with Crippen molar-refractivity contribution in [2.75, 3.05) is 6.54 Å². The average Bonchev–Trinajstić information content (AvgIpc) is 2.62. The molecule has 0 spiro atoms. The van der Waals surface area contributed by atoms with Gasteiger partial charge in [0.15, 0.2) is 0 Å². The molecule has 3 rings (SSSR count). The summed E-state index contributed by atoms with van der Waals surface area (Å²) in [6.07, 6.45) is 5.99. The molecule has 1 aliphatic rings. The maximum atomic E-state index is 12.4. The Morgan fingerprint density at radius 3 is 2.46 bits per heavy atom. The van der Waals surface area contributed by atoms with Crippen molar-refractivity contribution in [3.05, 3.63) is 76.2 Å². The molecule has 126 valence electrons. The molecule has 0 aromatic heterocycles. The maximum Gasteiger partial charge on any atom is 0.236 e. The van der Waals surface area contributed by atoms with Gasteiger partial charge in [0.1, 0.15) is 0 Å². The lowest BCUT2D eigenvalue weighted by Gasteiger charge is -2.17. The highest BCUT2D eigenvalue weighted by Crippen LogP contribution is 2.26. The van der Waals surface area contributed by atoms with Crippen molar-refractivity contribution in [1.29, 1.82) is 0 Å². The summed E-state index contributed by atoms with van der Waals surface area (Å²) < 4.78 is 27.6. The van der Waals surface area contributed by atoms with Crippen molar-refractivity contribution in [1.82, 2.24) is 4.72 Å². The molecule has 0 unspecified atom stereocenters. The molecule has 3 nitrogen and oxygen atoms in total. The SMILES string of the molecule is O=S(=O)(NCCCCc1ccccc1)C1=Cc2ccccc2CC1. The number of benzene rings is 2. The summed E-state index contributed by atoms with van der Waals surface area (Å²) in [5.74, 6) is 0. The fourth-order valence-electron chi connectivity index (χ4n) is 3.02. The number of fused-ring (bicyclic) bond motifs is 1. The Bertz CT molecular complexity index is 811. The summed E-state index contributed by atoms with van der Waals surface area (Å²) in [7, 11) is -3.36. The molecule has 0 heterocycles. The van der Waals surface area contributed by atoms with E-state index in [-0.39, 0.29) is 0 Å². The molecule has 0 atom stereocenters. The molecule has 0 radical (unpaired) electrons. The molecule has 2 aromatic rings. The molecule has 1 N–H and O–H groups in total. The van der Waals surface area contributed by atoms with E-state index in [1.165, 1.54) is 11.1 Å². The highest BCUT2D eigenvalue weighted by Gasteiger charge is 2.20. The number of aryl methyl sites for hydroxylation is 2. The maximum absolute atomic E-state index is 12.4. The lowest BCUT2D eigenvalue weighted by molar-refractivity contribution is 0.581. The van der Waals surface area contributed by atoms with E-state index in [4.69, 9.17) is 0 Å². The smallest absolute Gasteiger partial charge is 0.211 e. The van der Waals surface area contributed by atoms with E-state index in [0.717, 1.165) is 31.2 Å². The summed E-state index contributed by atoms with van der Waals surface area (Å²) in [6.45, 7) is 0.494. The van der Waals surface area contributed by atoms with Gasteiger partial charge in [0, 0.05) is 6.54 Å². The third-order valence-corrected chi connectivity index (χ3v) is 5.98. The van der Waals surface area contributed by atoms with E-state index >= 15 is 0 Å². The Balaban J connectivity index is 1.51. The molecule has 24 heavy (non-hydrogen) atoms. The third kappa shape index (κ3) is 4.34. The van der Waals surface area contributed by atoms with Crippen LogP contribution in [0.4, 0.5) is 0 Å². The van der Waals surface area contributed by atoms with Crippen LogP contribution < -0.4 is 4.72 Å². The minimum Gasteiger partial charge on any atom is -0.211 e. The molecule has 1 aliphatic carbocycles. The van der Waals surface area contributed by atoms with Crippen molar-refractivity contribution in [2.24, 2.45) is 0 Å². The monoisotopic (exact) mass is 341 g/mol. The molecule has 2 aromatic carbocycles. The summed E-state index contributed by atoms with van der Waals surface area (Å²) >= 11 is 0. The van der Waals surface area contributed by atoms with E-state index in [0.29, 0.717) is 17.9 Å². The van der Waals surface area contributed by atoms with Crippen LogP contribution in [0, 0.1) is 0 Å². The molecule has 0 saturated carbocycles. The van der Waals surface area contributed by atoms with Gasteiger partial charge in [-0.15, -0.1) is 0 Å². The highest BCUT2D eigenvalue weighted by atomic mass is 32.2. The first kappa shape index (κ1) is 16.9. The van der Waals surface area contributed by atoms with Crippen LogP contribution in [0.1, 0.15) is 36.0 Å². The van der Waals surface area contributed by atoms with Gasteiger partial charge in [0.05, 0.1) is 4.91 Å². The first-order valence-corrected chi connectivity index (χ1v) is 9.95. The number of hydrogen-bond acceptors (Lipinski definition) is 2. The second-order valence-electron chi connectivity index (χ2n) is 6.15. The molecule has 4 heteroatoms. The van der Waals surface area contributed by atoms with Crippen LogP contribution in [0.15, 0.2) is 59.5 Å². The fraction of sp³-hybridized carbons (Fsp3) is 0.300. The highest BCUT2D eigenvalue weighted by molar-refractivity contribution is 7.93. The molecule has 0 bridgehead atoms. The fourth-order valence-corrected chi connectivity index (χ4v) is 4.27. The summed E-state index contributed by atoms with van der Waals surface area (Å²) in [4.78, 5) is 0.504. The zero-order valence-corrected chi connectivity index (χ0v) is 14.6. The average molecular weight is 341 g/mol. The Hall–Kier alpha value is -1.91. The lowest BCUT2D eigenvalue weighted by Crippen LogP contribution is -2.27. The Morgan fingerprint density at radius 1 is 0.875 bits per heavy atom. The second kappa shape index (κ2) is 7.77. The second-order valence-corrected chi connectivity index (χ2v) is 7.97. The molecule has 0 fully saturated rings. The van der Waals surface area contributed by atoms with Crippen molar-refractivity contribution in [3.63, 3.8) is 0 Å². The van der Waals surface area contributed by atoms with Crippen LogP contribution in [-0.2, 0) is 22.9 Å². The number of nitrogens with one attached hydrogen (secondary N) is 1. The van der Waals surface area contributed by atoms with Crippen LogP contribution in [0.5, 0.6) is 0 Å². The summed E-state index contributed by atoms with van der Waals surface area (Å²) in [5, 5.41) is 0. The molecule has 0 aliphatic heterocycles. The van der Waals surface area contributed by atoms with Crippen LogP contribution in [0.25, 0.3) is 6.08 Å². The minimum absolute atomic E-state index is 0.494. The number of rotatable bonds is 7. The summed E-state index contributed by atoms with van der Waals surface area (Å²) in [6, 6.07) is 18.3. The van der Waals surface area contributed by atoms with Gasteiger partial charge in [0.2, 0.25) is 10.0 Å². The largest absolute Gasteiger partial charge is 0.236 e. The number of hydrogen-bond donors (Lipinski definition) is 1. The Morgan fingerprint density at radius 2 is 1.62 bits per heavy atom. The van der Waals surface area contributed by atoms with Gasteiger partial charge in [-0.1, -0.05) is 54.6 Å². The molecule has 0 saturated heterocycles. The molecular weight excluding hydrogens is 318 g/mol. The quantitative estimate of drug-likeness (QED) is 0.776. The predicted molar refractivity (Wildman–Crippen MR) is 99.0 cm³/mol. The van der Waals surface area contributed by atoms with Crippen molar-refractivity contribution in [2.45, 2.75) is 32.1 Å². The molecular formula is C20H23NO2S. The van der Waals surface area contributed by atoms with E-state index in [2.05, 4.69) is 22.9 Å². The van der Waals surface area contributed by atoms with Gasteiger partial charge in [0.25, 0.3) is 0 Å². The van der Waals surface area contributed by atoms with Crippen LogP contribution in [-0.4, -0.2) is 15.0 Å². The van der Waals surface area contributed by atoms with E-state index in [9.17, 15) is 8.42 Å². The van der Waals surface area contributed by atoms with E-state index in [1.54, 1.807) is 0 Å². The number of allylic oxidation sites excluding steroid dienone is 1.